The fourth-order valence-corrected chi connectivity index (χ4v) is 1.39. The first kappa shape index (κ1) is 14.1. The maximum atomic E-state index is 11.6. The number of ether oxygens (including phenoxy) is 1. The molecule has 2 amide bonds. The minimum atomic E-state index is -0.799. The molecule has 18 heavy (non-hydrogen) atoms. The van der Waals surface area contributed by atoms with Crippen molar-refractivity contribution in [2.24, 2.45) is 5.92 Å². The van der Waals surface area contributed by atoms with Crippen molar-refractivity contribution in [1.29, 1.82) is 0 Å². The standard InChI is InChI=1S/C11H15NO6/c1-3-17-10(15)6-7(2)11(16)18-12-8(13)4-5-9(12)14/h7H,3-6H2,1-2H3. The van der Waals surface area contributed by atoms with Gasteiger partial charge in [-0.1, -0.05) is 6.92 Å². The van der Waals surface area contributed by atoms with E-state index in [1.807, 2.05) is 0 Å². The van der Waals surface area contributed by atoms with Crippen LogP contribution in [0.4, 0.5) is 0 Å². The van der Waals surface area contributed by atoms with Crippen LogP contribution in [0.5, 0.6) is 0 Å². The van der Waals surface area contributed by atoms with Gasteiger partial charge in [-0.05, 0) is 6.92 Å². The fourth-order valence-electron chi connectivity index (χ4n) is 1.39. The van der Waals surface area contributed by atoms with E-state index >= 15 is 0 Å². The number of imide groups is 1. The summed E-state index contributed by atoms with van der Waals surface area (Å²) in [7, 11) is 0. The molecule has 1 saturated heterocycles. The lowest BCUT2D eigenvalue weighted by atomic mass is 10.1. The van der Waals surface area contributed by atoms with E-state index in [1.165, 1.54) is 6.92 Å². The molecule has 0 aromatic carbocycles. The van der Waals surface area contributed by atoms with E-state index in [0.717, 1.165) is 0 Å². The highest BCUT2D eigenvalue weighted by Gasteiger charge is 2.34. The van der Waals surface area contributed by atoms with Crippen molar-refractivity contribution in [3.05, 3.63) is 0 Å². The molecule has 1 fully saturated rings. The van der Waals surface area contributed by atoms with Gasteiger partial charge in [0, 0.05) is 12.8 Å². The lowest BCUT2D eigenvalue weighted by Gasteiger charge is -2.15. The summed E-state index contributed by atoms with van der Waals surface area (Å²) in [6, 6.07) is 0. The summed E-state index contributed by atoms with van der Waals surface area (Å²) in [5.74, 6) is -3.19. The van der Waals surface area contributed by atoms with Crippen molar-refractivity contribution in [2.45, 2.75) is 33.1 Å². The number of hydrogen-bond acceptors (Lipinski definition) is 6. The topological polar surface area (TPSA) is 90.0 Å². The lowest BCUT2D eigenvalue weighted by Crippen LogP contribution is -2.34. The van der Waals surface area contributed by atoms with Crippen LogP contribution in [-0.2, 0) is 28.8 Å². The summed E-state index contributed by atoms with van der Waals surface area (Å²) < 4.78 is 4.68. The highest BCUT2D eigenvalue weighted by Crippen LogP contribution is 2.15. The van der Waals surface area contributed by atoms with Crippen LogP contribution in [0.3, 0.4) is 0 Å². The Balaban J connectivity index is 2.47. The van der Waals surface area contributed by atoms with Gasteiger partial charge in [0.2, 0.25) is 0 Å². The highest BCUT2D eigenvalue weighted by molar-refractivity contribution is 6.01. The molecule has 0 radical (unpaired) electrons. The van der Waals surface area contributed by atoms with E-state index in [2.05, 4.69) is 9.57 Å². The lowest BCUT2D eigenvalue weighted by molar-refractivity contribution is -0.200. The van der Waals surface area contributed by atoms with Gasteiger partial charge in [-0.3, -0.25) is 14.4 Å². The van der Waals surface area contributed by atoms with Crippen LogP contribution in [0.25, 0.3) is 0 Å². The molecule has 100 valence electrons. The van der Waals surface area contributed by atoms with E-state index in [-0.39, 0.29) is 25.9 Å². The van der Waals surface area contributed by atoms with Crippen molar-refractivity contribution in [3.63, 3.8) is 0 Å². The van der Waals surface area contributed by atoms with Crippen LogP contribution in [-0.4, -0.2) is 35.4 Å². The number of esters is 1. The summed E-state index contributed by atoms with van der Waals surface area (Å²) in [6.07, 6.45) is -0.0698. The first-order valence-electron chi connectivity index (χ1n) is 5.69. The van der Waals surface area contributed by atoms with Crippen LogP contribution in [0.1, 0.15) is 33.1 Å². The smallest absolute Gasteiger partial charge is 0.336 e. The molecule has 1 atom stereocenters. The normalized spacial score (nSPS) is 16.7. The van der Waals surface area contributed by atoms with E-state index in [1.54, 1.807) is 6.92 Å². The zero-order chi connectivity index (χ0) is 13.7. The van der Waals surface area contributed by atoms with Gasteiger partial charge in [0.15, 0.2) is 0 Å². The van der Waals surface area contributed by atoms with Gasteiger partial charge < -0.3 is 9.57 Å². The molecule has 1 aliphatic heterocycles. The summed E-state index contributed by atoms with van der Waals surface area (Å²) in [5, 5.41) is 0.462. The van der Waals surface area contributed by atoms with Crippen molar-refractivity contribution < 1.29 is 28.8 Å². The fraction of sp³-hybridized carbons (Fsp3) is 0.636. The third-order valence-electron chi connectivity index (χ3n) is 2.37. The van der Waals surface area contributed by atoms with E-state index in [9.17, 15) is 19.2 Å². The number of carbonyl (C=O) groups is 4. The Kier molecular flexibility index (Phi) is 4.82. The number of amides is 2. The minimum absolute atomic E-state index is 0.0401. The number of carbonyl (C=O) groups excluding carboxylic acids is 4. The summed E-state index contributed by atoms with van der Waals surface area (Å²) in [5.41, 5.74) is 0. The molecule has 1 aliphatic rings. The molecular weight excluding hydrogens is 242 g/mol. The van der Waals surface area contributed by atoms with Gasteiger partial charge in [-0.2, -0.15) is 0 Å². The summed E-state index contributed by atoms with van der Waals surface area (Å²) >= 11 is 0. The van der Waals surface area contributed by atoms with Crippen molar-refractivity contribution in [3.8, 4) is 0 Å². The molecule has 0 aromatic heterocycles. The molecule has 0 aromatic rings. The molecule has 7 nitrogen and oxygen atoms in total. The predicted molar refractivity (Wildman–Crippen MR) is 57.6 cm³/mol. The Labute approximate surface area is 104 Å². The van der Waals surface area contributed by atoms with Crippen LogP contribution in [0.15, 0.2) is 0 Å². The zero-order valence-electron chi connectivity index (χ0n) is 10.3. The number of nitrogens with zero attached hydrogens (tertiary/aromatic N) is 1. The first-order valence-corrected chi connectivity index (χ1v) is 5.69. The van der Waals surface area contributed by atoms with Crippen LogP contribution in [0.2, 0.25) is 0 Å². The zero-order valence-corrected chi connectivity index (χ0v) is 10.3. The third-order valence-corrected chi connectivity index (χ3v) is 2.37. The summed E-state index contributed by atoms with van der Waals surface area (Å²) in [6.45, 7) is 3.34. The van der Waals surface area contributed by atoms with Gasteiger partial charge in [0.05, 0.1) is 18.9 Å². The average Bonchev–Trinajstić information content (AvgIpc) is 2.60. The van der Waals surface area contributed by atoms with Gasteiger partial charge in [-0.15, -0.1) is 5.06 Å². The van der Waals surface area contributed by atoms with Crippen LogP contribution < -0.4 is 0 Å². The maximum absolute atomic E-state index is 11.6. The molecule has 7 heteroatoms. The molecule has 1 rings (SSSR count). The number of hydroxylamine groups is 2. The third kappa shape index (κ3) is 3.54. The molecule has 1 heterocycles. The van der Waals surface area contributed by atoms with Crippen molar-refractivity contribution in [1.82, 2.24) is 5.06 Å². The quantitative estimate of drug-likeness (QED) is 0.515. The Morgan fingerprint density at radius 3 is 2.33 bits per heavy atom. The largest absolute Gasteiger partial charge is 0.466 e. The highest BCUT2D eigenvalue weighted by atomic mass is 16.7. The number of hydrogen-bond donors (Lipinski definition) is 0. The second-order valence-corrected chi connectivity index (χ2v) is 3.90. The molecule has 0 saturated carbocycles. The van der Waals surface area contributed by atoms with Crippen LogP contribution >= 0.6 is 0 Å². The van der Waals surface area contributed by atoms with E-state index < -0.39 is 29.7 Å². The Bertz CT molecular complexity index is 362. The van der Waals surface area contributed by atoms with E-state index in [0.29, 0.717) is 5.06 Å². The molecule has 0 aliphatic carbocycles. The monoisotopic (exact) mass is 257 g/mol. The van der Waals surface area contributed by atoms with Gasteiger partial charge in [0.25, 0.3) is 11.8 Å². The van der Waals surface area contributed by atoms with Crippen molar-refractivity contribution in [2.75, 3.05) is 6.61 Å². The Morgan fingerprint density at radius 1 is 1.28 bits per heavy atom. The Morgan fingerprint density at radius 2 is 1.83 bits per heavy atom. The maximum Gasteiger partial charge on any atom is 0.336 e. The second-order valence-electron chi connectivity index (χ2n) is 3.90. The summed E-state index contributed by atoms with van der Waals surface area (Å²) in [4.78, 5) is 49.8. The molecule has 0 bridgehead atoms. The number of rotatable bonds is 5. The SMILES string of the molecule is CCOC(=O)CC(C)C(=O)ON1C(=O)CCC1=O. The predicted octanol–water partition coefficient (Wildman–Crippen LogP) is 0.183. The van der Waals surface area contributed by atoms with E-state index in [4.69, 9.17) is 0 Å². The van der Waals surface area contributed by atoms with Gasteiger partial charge in [-0.25, -0.2) is 4.79 Å². The van der Waals surface area contributed by atoms with Gasteiger partial charge in [0.1, 0.15) is 0 Å². The Hall–Kier alpha value is -1.92. The first-order chi connectivity index (χ1) is 8.45. The molecular formula is C11H15NO6. The average molecular weight is 257 g/mol. The second kappa shape index (κ2) is 6.13. The van der Waals surface area contributed by atoms with Crippen LogP contribution in [0, 0.1) is 5.92 Å². The molecule has 0 N–H and O–H groups in total. The molecule has 0 spiro atoms. The van der Waals surface area contributed by atoms with Crippen molar-refractivity contribution >= 4 is 23.8 Å². The van der Waals surface area contributed by atoms with Gasteiger partial charge >= 0.3 is 11.9 Å². The minimum Gasteiger partial charge on any atom is -0.466 e. The molecule has 1 unspecified atom stereocenters.